The van der Waals surface area contributed by atoms with Crippen LogP contribution in [0, 0.1) is 16.7 Å². The van der Waals surface area contributed by atoms with E-state index in [1.165, 1.54) is 0 Å². The van der Waals surface area contributed by atoms with Crippen molar-refractivity contribution in [2.45, 2.75) is 53.5 Å². The van der Waals surface area contributed by atoms with E-state index in [0.29, 0.717) is 12.3 Å². The number of aliphatic hydroxyl groups excluding tert-OH is 1. The Labute approximate surface area is 117 Å². The molecule has 0 spiro atoms. The molecule has 0 aromatic carbocycles. The van der Waals surface area contributed by atoms with Crippen LogP contribution in [0.5, 0.6) is 0 Å². The monoisotopic (exact) mass is 270 g/mol. The Balaban J connectivity index is 2.81. The van der Waals surface area contributed by atoms with E-state index >= 15 is 0 Å². The number of carbonyl (C=O) groups excluding carboxylic acids is 1. The fourth-order valence-corrected chi connectivity index (χ4v) is 2.81. The number of carbonyl (C=O) groups is 1. The van der Waals surface area contributed by atoms with Crippen LogP contribution in [0.25, 0.3) is 0 Å². The van der Waals surface area contributed by atoms with E-state index in [9.17, 15) is 9.90 Å². The number of nitrogens with one attached hydrogen (secondary N) is 2. The minimum Gasteiger partial charge on any atom is -0.396 e. The lowest BCUT2D eigenvalue weighted by atomic mass is 9.74. The molecular weight excluding hydrogens is 240 g/mol. The fourth-order valence-electron chi connectivity index (χ4n) is 2.81. The first-order valence-corrected chi connectivity index (χ1v) is 7.36. The summed E-state index contributed by atoms with van der Waals surface area (Å²) < 4.78 is 0. The molecule has 112 valence electrons. The Bertz CT molecular complexity index is 302. The van der Waals surface area contributed by atoms with Crippen LogP contribution in [0.4, 0.5) is 0 Å². The van der Waals surface area contributed by atoms with Gasteiger partial charge >= 0.3 is 0 Å². The Morgan fingerprint density at radius 1 is 1.42 bits per heavy atom. The molecule has 0 bridgehead atoms. The maximum atomic E-state index is 12.7. The third-order valence-corrected chi connectivity index (χ3v) is 4.51. The number of hydrogen-bond donors (Lipinski definition) is 3. The summed E-state index contributed by atoms with van der Waals surface area (Å²) >= 11 is 0. The zero-order valence-corrected chi connectivity index (χ0v) is 13.0. The summed E-state index contributed by atoms with van der Waals surface area (Å²) in [5.41, 5.74) is -0.332. The average Bonchev–Trinajstić information content (AvgIpc) is 2.77. The third-order valence-electron chi connectivity index (χ3n) is 4.51. The van der Waals surface area contributed by atoms with Crippen LogP contribution >= 0.6 is 0 Å². The first-order valence-electron chi connectivity index (χ1n) is 7.36. The summed E-state index contributed by atoms with van der Waals surface area (Å²) in [6.07, 6.45) is 1.50. The largest absolute Gasteiger partial charge is 0.396 e. The topological polar surface area (TPSA) is 61.4 Å². The van der Waals surface area contributed by atoms with Crippen LogP contribution in [-0.2, 0) is 4.79 Å². The van der Waals surface area contributed by atoms with Gasteiger partial charge in [-0.15, -0.1) is 0 Å². The van der Waals surface area contributed by atoms with Crippen molar-refractivity contribution in [3.63, 3.8) is 0 Å². The van der Waals surface area contributed by atoms with Gasteiger partial charge in [-0.3, -0.25) is 4.79 Å². The standard InChI is InChI=1S/C15H30N2O2/c1-11(2)15(7-8-16-10-15)13(19)17-12(6-9-18)14(3,4)5/h11-12,16,18H,6-10H2,1-5H3,(H,17,19). The van der Waals surface area contributed by atoms with Crippen molar-refractivity contribution in [2.75, 3.05) is 19.7 Å². The molecule has 19 heavy (non-hydrogen) atoms. The van der Waals surface area contributed by atoms with Crippen molar-refractivity contribution in [3.8, 4) is 0 Å². The van der Waals surface area contributed by atoms with E-state index in [0.717, 1.165) is 19.5 Å². The van der Waals surface area contributed by atoms with Gasteiger partial charge in [0.2, 0.25) is 5.91 Å². The van der Waals surface area contributed by atoms with Crippen molar-refractivity contribution in [1.29, 1.82) is 0 Å². The molecule has 0 aliphatic carbocycles. The smallest absolute Gasteiger partial charge is 0.228 e. The molecule has 1 amide bonds. The highest BCUT2D eigenvalue weighted by Gasteiger charge is 2.45. The van der Waals surface area contributed by atoms with Gasteiger partial charge in [-0.25, -0.2) is 0 Å². The molecule has 3 N–H and O–H groups in total. The van der Waals surface area contributed by atoms with Crippen molar-refractivity contribution < 1.29 is 9.90 Å². The van der Waals surface area contributed by atoms with E-state index in [1.54, 1.807) is 0 Å². The second kappa shape index (κ2) is 6.23. The minimum atomic E-state index is -0.293. The molecule has 1 heterocycles. The minimum absolute atomic E-state index is 0.0150. The van der Waals surface area contributed by atoms with Gasteiger partial charge in [0, 0.05) is 19.2 Å². The van der Waals surface area contributed by atoms with E-state index in [2.05, 4.69) is 45.3 Å². The highest BCUT2D eigenvalue weighted by Crippen LogP contribution is 2.35. The lowest BCUT2D eigenvalue weighted by Crippen LogP contribution is -2.53. The zero-order chi connectivity index (χ0) is 14.7. The first kappa shape index (κ1) is 16.4. The number of hydrogen-bond acceptors (Lipinski definition) is 3. The Morgan fingerprint density at radius 2 is 2.05 bits per heavy atom. The molecule has 2 atom stereocenters. The van der Waals surface area contributed by atoms with E-state index < -0.39 is 0 Å². The summed E-state index contributed by atoms with van der Waals surface area (Å²) in [5, 5.41) is 15.7. The molecule has 4 nitrogen and oxygen atoms in total. The van der Waals surface area contributed by atoms with Gasteiger partial charge in [0.1, 0.15) is 0 Å². The van der Waals surface area contributed by atoms with E-state index in [4.69, 9.17) is 0 Å². The molecule has 4 heteroatoms. The molecule has 1 rings (SSSR count). The summed E-state index contributed by atoms with van der Waals surface area (Å²) in [7, 11) is 0. The molecule has 0 aromatic heterocycles. The molecule has 1 saturated heterocycles. The third kappa shape index (κ3) is 3.69. The van der Waals surface area contributed by atoms with Crippen molar-refractivity contribution in [1.82, 2.24) is 10.6 Å². The summed E-state index contributed by atoms with van der Waals surface area (Å²) in [6.45, 7) is 12.3. The Morgan fingerprint density at radius 3 is 2.42 bits per heavy atom. The van der Waals surface area contributed by atoms with Gasteiger partial charge in [0.15, 0.2) is 0 Å². The molecule has 0 aromatic rings. The van der Waals surface area contributed by atoms with E-state index in [-0.39, 0.29) is 29.4 Å². The molecule has 2 unspecified atom stereocenters. The number of amides is 1. The molecule has 0 radical (unpaired) electrons. The van der Waals surface area contributed by atoms with Crippen LogP contribution in [0.2, 0.25) is 0 Å². The molecular formula is C15H30N2O2. The lowest BCUT2D eigenvalue weighted by Gasteiger charge is -2.37. The first-order chi connectivity index (χ1) is 8.74. The van der Waals surface area contributed by atoms with Crippen LogP contribution in [0.1, 0.15) is 47.5 Å². The van der Waals surface area contributed by atoms with Crippen LogP contribution in [0.15, 0.2) is 0 Å². The number of rotatable bonds is 5. The predicted molar refractivity (Wildman–Crippen MR) is 77.8 cm³/mol. The lowest BCUT2D eigenvalue weighted by molar-refractivity contribution is -0.134. The van der Waals surface area contributed by atoms with Gasteiger partial charge in [-0.05, 0) is 30.7 Å². The SMILES string of the molecule is CC(C)C1(C(=O)NC(CCO)C(C)(C)C)CCNC1. The normalized spacial score (nSPS) is 25.6. The van der Waals surface area contributed by atoms with Crippen molar-refractivity contribution >= 4 is 5.91 Å². The number of aliphatic hydroxyl groups is 1. The summed E-state index contributed by atoms with van der Waals surface area (Å²) in [6, 6.07) is 0.0150. The average molecular weight is 270 g/mol. The second-order valence-corrected chi connectivity index (χ2v) is 7.14. The highest BCUT2D eigenvalue weighted by atomic mass is 16.3. The molecule has 1 fully saturated rings. The highest BCUT2D eigenvalue weighted by molar-refractivity contribution is 5.84. The van der Waals surface area contributed by atoms with Crippen molar-refractivity contribution in [2.24, 2.45) is 16.7 Å². The van der Waals surface area contributed by atoms with Gasteiger partial charge in [0.25, 0.3) is 0 Å². The Hall–Kier alpha value is -0.610. The van der Waals surface area contributed by atoms with E-state index in [1.807, 2.05) is 0 Å². The molecule has 1 aliphatic rings. The van der Waals surface area contributed by atoms with Gasteiger partial charge < -0.3 is 15.7 Å². The molecule has 1 aliphatic heterocycles. The van der Waals surface area contributed by atoms with Crippen LogP contribution < -0.4 is 10.6 Å². The molecule has 0 saturated carbocycles. The van der Waals surface area contributed by atoms with Gasteiger partial charge in [0.05, 0.1) is 5.41 Å². The van der Waals surface area contributed by atoms with Gasteiger partial charge in [-0.1, -0.05) is 34.6 Å². The van der Waals surface area contributed by atoms with Crippen molar-refractivity contribution in [3.05, 3.63) is 0 Å². The summed E-state index contributed by atoms with van der Waals surface area (Å²) in [4.78, 5) is 12.7. The predicted octanol–water partition coefficient (Wildman–Crippen LogP) is 1.54. The van der Waals surface area contributed by atoms with Gasteiger partial charge in [-0.2, -0.15) is 0 Å². The Kier molecular flexibility index (Phi) is 5.39. The fraction of sp³-hybridized carbons (Fsp3) is 0.933. The quantitative estimate of drug-likeness (QED) is 0.710. The van der Waals surface area contributed by atoms with Crippen LogP contribution in [0.3, 0.4) is 0 Å². The maximum absolute atomic E-state index is 12.7. The van der Waals surface area contributed by atoms with Crippen LogP contribution in [-0.4, -0.2) is 36.8 Å². The summed E-state index contributed by atoms with van der Waals surface area (Å²) in [5.74, 6) is 0.457. The second-order valence-electron chi connectivity index (χ2n) is 7.14. The maximum Gasteiger partial charge on any atom is 0.228 e. The zero-order valence-electron chi connectivity index (χ0n) is 13.0.